The molecule has 1 rings (SSSR count). The van der Waals surface area contributed by atoms with Gasteiger partial charge < -0.3 is 10.2 Å². The Labute approximate surface area is 125 Å². The van der Waals surface area contributed by atoms with Gasteiger partial charge in [0, 0.05) is 19.1 Å². The Morgan fingerprint density at radius 2 is 1.75 bits per heavy atom. The van der Waals surface area contributed by atoms with E-state index >= 15 is 0 Å². The van der Waals surface area contributed by atoms with Crippen LogP contribution in [0.15, 0.2) is 30.3 Å². The summed E-state index contributed by atoms with van der Waals surface area (Å²) < 4.78 is 0. The molecule has 3 heteroatoms. The second-order valence-electron chi connectivity index (χ2n) is 5.52. The molecule has 1 N–H and O–H groups in total. The van der Waals surface area contributed by atoms with Gasteiger partial charge in [-0.25, -0.2) is 0 Å². The van der Waals surface area contributed by atoms with Gasteiger partial charge in [-0.05, 0) is 45.7 Å². The predicted octanol–water partition coefficient (Wildman–Crippen LogP) is 2.61. The largest absolute Gasteiger partial charge is 0.315 e. The van der Waals surface area contributed by atoms with Crippen molar-refractivity contribution in [3.63, 3.8) is 0 Å². The lowest BCUT2D eigenvalue weighted by Gasteiger charge is -2.31. The summed E-state index contributed by atoms with van der Waals surface area (Å²) in [7, 11) is 4.28. The average Bonchev–Trinajstić information content (AvgIpc) is 2.46. The molecule has 0 heterocycles. The van der Waals surface area contributed by atoms with Crippen LogP contribution in [0.1, 0.15) is 31.9 Å². The van der Waals surface area contributed by atoms with Crippen LogP contribution in [-0.4, -0.2) is 56.6 Å². The highest BCUT2D eigenvalue weighted by Crippen LogP contribution is 2.20. The molecule has 0 bridgehead atoms. The molecule has 0 fully saturated rings. The number of nitrogens with zero attached hydrogens (tertiary/aromatic N) is 2. The minimum atomic E-state index is 0.475. The van der Waals surface area contributed by atoms with Gasteiger partial charge in [0.1, 0.15) is 0 Å². The molecule has 20 heavy (non-hydrogen) atoms. The number of hydrogen-bond acceptors (Lipinski definition) is 3. The maximum Gasteiger partial charge on any atom is 0.0472 e. The minimum Gasteiger partial charge on any atom is -0.315 e. The van der Waals surface area contributed by atoms with Crippen LogP contribution in [-0.2, 0) is 0 Å². The van der Waals surface area contributed by atoms with E-state index in [-0.39, 0.29) is 0 Å². The highest BCUT2D eigenvalue weighted by molar-refractivity contribution is 5.19. The Kier molecular flexibility index (Phi) is 8.51. The number of rotatable bonds is 10. The van der Waals surface area contributed by atoms with Crippen LogP contribution in [0.25, 0.3) is 0 Å². The molecule has 114 valence electrons. The van der Waals surface area contributed by atoms with Crippen molar-refractivity contribution in [2.24, 2.45) is 0 Å². The molecule has 1 aromatic carbocycles. The predicted molar refractivity (Wildman–Crippen MR) is 88.1 cm³/mol. The fraction of sp³-hybridized carbons (Fsp3) is 0.647. The fourth-order valence-electron chi connectivity index (χ4n) is 2.54. The molecule has 0 radical (unpaired) electrons. The summed E-state index contributed by atoms with van der Waals surface area (Å²) in [6, 6.07) is 11.3. The van der Waals surface area contributed by atoms with E-state index in [0.717, 1.165) is 32.7 Å². The third-order valence-electron chi connectivity index (χ3n) is 3.67. The highest BCUT2D eigenvalue weighted by Gasteiger charge is 2.18. The molecule has 0 aliphatic carbocycles. The van der Waals surface area contributed by atoms with Gasteiger partial charge in [0.15, 0.2) is 0 Å². The minimum absolute atomic E-state index is 0.475. The van der Waals surface area contributed by atoms with Crippen molar-refractivity contribution in [2.75, 3.05) is 46.8 Å². The summed E-state index contributed by atoms with van der Waals surface area (Å²) in [5.74, 6) is 0. The zero-order chi connectivity index (χ0) is 14.8. The van der Waals surface area contributed by atoms with Gasteiger partial charge in [-0.1, -0.05) is 44.2 Å². The Hall–Kier alpha value is -0.900. The Bertz CT molecular complexity index is 337. The van der Waals surface area contributed by atoms with Crippen molar-refractivity contribution in [2.45, 2.75) is 26.3 Å². The normalized spacial score (nSPS) is 13.1. The van der Waals surface area contributed by atoms with Gasteiger partial charge in [-0.2, -0.15) is 0 Å². The van der Waals surface area contributed by atoms with Crippen molar-refractivity contribution in [1.82, 2.24) is 15.1 Å². The van der Waals surface area contributed by atoms with Crippen molar-refractivity contribution < 1.29 is 0 Å². The van der Waals surface area contributed by atoms with E-state index in [9.17, 15) is 0 Å². The molecule has 0 saturated carbocycles. The van der Waals surface area contributed by atoms with Crippen LogP contribution in [0.4, 0.5) is 0 Å². The van der Waals surface area contributed by atoms with E-state index in [2.05, 4.69) is 73.4 Å². The van der Waals surface area contributed by atoms with Crippen LogP contribution in [0, 0.1) is 0 Å². The SMILES string of the molecule is CCNCC(c1ccccc1)N(CC)CCCN(C)C. The lowest BCUT2D eigenvalue weighted by Crippen LogP contribution is -2.37. The van der Waals surface area contributed by atoms with Crippen molar-refractivity contribution in [1.29, 1.82) is 0 Å². The monoisotopic (exact) mass is 277 g/mol. The molecule has 0 aliphatic heterocycles. The standard InChI is InChI=1S/C17H31N3/c1-5-18-15-17(16-11-8-7-9-12-16)20(6-2)14-10-13-19(3)4/h7-9,11-12,17-18H,5-6,10,13-15H2,1-4H3. The van der Waals surface area contributed by atoms with Crippen molar-refractivity contribution in [3.8, 4) is 0 Å². The summed E-state index contributed by atoms with van der Waals surface area (Å²) in [5, 5.41) is 3.51. The van der Waals surface area contributed by atoms with E-state index < -0.39 is 0 Å². The van der Waals surface area contributed by atoms with Gasteiger partial charge in [0.05, 0.1) is 0 Å². The van der Waals surface area contributed by atoms with E-state index in [1.165, 1.54) is 12.0 Å². The summed E-state index contributed by atoms with van der Waals surface area (Å²) in [5.41, 5.74) is 1.42. The summed E-state index contributed by atoms with van der Waals surface area (Å²) in [6.45, 7) is 9.88. The molecule has 1 atom stereocenters. The summed E-state index contributed by atoms with van der Waals surface area (Å²) in [4.78, 5) is 4.84. The van der Waals surface area contributed by atoms with Gasteiger partial charge in [0.2, 0.25) is 0 Å². The van der Waals surface area contributed by atoms with E-state index in [1.54, 1.807) is 0 Å². The number of nitrogens with one attached hydrogen (secondary N) is 1. The van der Waals surface area contributed by atoms with Gasteiger partial charge in [-0.3, -0.25) is 4.90 Å². The lowest BCUT2D eigenvalue weighted by molar-refractivity contribution is 0.193. The molecule has 0 aliphatic rings. The number of likely N-dealkylation sites (N-methyl/N-ethyl adjacent to an activating group) is 2. The average molecular weight is 277 g/mol. The second kappa shape index (κ2) is 9.92. The van der Waals surface area contributed by atoms with Crippen LogP contribution in [0.2, 0.25) is 0 Å². The first kappa shape index (κ1) is 17.2. The molecule has 0 spiro atoms. The molecular weight excluding hydrogens is 246 g/mol. The number of hydrogen-bond donors (Lipinski definition) is 1. The van der Waals surface area contributed by atoms with Crippen molar-refractivity contribution in [3.05, 3.63) is 35.9 Å². The maximum atomic E-state index is 3.51. The van der Waals surface area contributed by atoms with E-state index in [1.807, 2.05) is 0 Å². The molecule has 0 saturated heterocycles. The molecule has 1 unspecified atom stereocenters. The Morgan fingerprint density at radius 1 is 1.05 bits per heavy atom. The first-order valence-electron chi connectivity index (χ1n) is 7.83. The molecule has 0 aromatic heterocycles. The van der Waals surface area contributed by atoms with Gasteiger partial charge in [0.25, 0.3) is 0 Å². The topological polar surface area (TPSA) is 18.5 Å². The van der Waals surface area contributed by atoms with Crippen LogP contribution in [0.3, 0.4) is 0 Å². The third kappa shape index (κ3) is 6.04. The Balaban J connectivity index is 2.68. The first-order chi connectivity index (χ1) is 9.69. The zero-order valence-electron chi connectivity index (χ0n) is 13.6. The third-order valence-corrected chi connectivity index (χ3v) is 3.67. The fourth-order valence-corrected chi connectivity index (χ4v) is 2.54. The first-order valence-corrected chi connectivity index (χ1v) is 7.83. The van der Waals surface area contributed by atoms with Gasteiger partial charge in [-0.15, -0.1) is 0 Å². The van der Waals surface area contributed by atoms with Gasteiger partial charge >= 0.3 is 0 Å². The summed E-state index contributed by atoms with van der Waals surface area (Å²) >= 11 is 0. The van der Waals surface area contributed by atoms with Crippen molar-refractivity contribution >= 4 is 0 Å². The quantitative estimate of drug-likeness (QED) is 0.709. The smallest absolute Gasteiger partial charge is 0.0472 e. The van der Waals surface area contributed by atoms with Crippen LogP contribution < -0.4 is 5.32 Å². The Morgan fingerprint density at radius 3 is 2.30 bits per heavy atom. The molecule has 1 aromatic rings. The maximum absolute atomic E-state index is 3.51. The van der Waals surface area contributed by atoms with Crippen LogP contribution >= 0.6 is 0 Å². The molecule has 0 amide bonds. The molecular formula is C17H31N3. The van der Waals surface area contributed by atoms with E-state index in [0.29, 0.717) is 6.04 Å². The number of benzene rings is 1. The molecule has 3 nitrogen and oxygen atoms in total. The lowest BCUT2D eigenvalue weighted by atomic mass is 10.0. The van der Waals surface area contributed by atoms with E-state index in [4.69, 9.17) is 0 Å². The second-order valence-corrected chi connectivity index (χ2v) is 5.52. The van der Waals surface area contributed by atoms with Crippen LogP contribution in [0.5, 0.6) is 0 Å². The zero-order valence-corrected chi connectivity index (χ0v) is 13.6. The highest BCUT2D eigenvalue weighted by atomic mass is 15.2. The summed E-state index contributed by atoms with van der Waals surface area (Å²) in [6.07, 6.45) is 1.22.